The smallest absolute Gasteiger partial charge is 0.235 e. The SMILES string of the molecule is COc1ccc(-c2nn3c(CN4CCCCCC4)nnc3s2)cc1OC. The van der Waals surface area contributed by atoms with E-state index in [9.17, 15) is 0 Å². The molecule has 0 saturated carbocycles. The van der Waals surface area contributed by atoms with Crippen LogP contribution >= 0.6 is 11.3 Å². The number of rotatable bonds is 5. The molecule has 3 aromatic rings. The molecule has 0 unspecified atom stereocenters. The molecule has 3 heterocycles. The van der Waals surface area contributed by atoms with Crippen LogP contribution in [0.25, 0.3) is 15.5 Å². The number of fused-ring (bicyclic) bond motifs is 1. The highest BCUT2D eigenvalue weighted by atomic mass is 32.1. The molecule has 138 valence electrons. The van der Waals surface area contributed by atoms with Crippen molar-refractivity contribution in [2.45, 2.75) is 32.2 Å². The number of hydrogen-bond acceptors (Lipinski definition) is 7. The summed E-state index contributed by atoms with van der Waals surface area (Å²) in [5.74, 6) is 2.31. The average Bonchev–Trinajstić information content (AvgIpc) is 3.15. The molecule has 4 rings (SSSR count). The summed E-state index contributed by atoms with van der Waals surface area (Å²) in [7, 11) is 3.27. The number of ether oxygens (including phenoxy) is 2. The standard InChI is InChI=1S/C18H23N5O2S/c1-24-14-8-7-13(11-15(14)25-2)17-21-23-16(19-20-18(23)26-17)12-22-9-5-3-4-6-10-22/h7-8,11H,3-6,9-10,12H2,1-2H3. The number of likely N-dealkylation sites (tertiary alicyclic amines) is 1. The summed E-state index contributed by atoms with van der Waals surface area (Å²) in [4.78, 5) is 3.28. The minimum atomic E-state index is 0.695. The maximum Gasteiger partial charge on any atom is 0.235 e. The predicted molar refractivity (Wildman–Crippen MR) is 101 cm³/mol. The molecule has 0 radical (unpaired) electrons. The lowest BCUT2D eigenvalue weighted by Gasteiger charge is -2.17. The van der Waals surface area contributed by atoms with E-state index in [0.29, 0.717) is 11.5 Å². The quantitative estimate of drug-likeness (QED) is 0.684. The van der Waals surface area contributed by atoms with Gasteiger partial charge in [0.2, 0.25) is 4.96 Å². The van der Waals surface area contributed by atoms with Gasteiger partial charge in [0, 0.05) is 5.56 Å². The molecule has 2 aromatic heterocycles. The van der Waals surface area contributed by atoms with Gasteiger partial charge in [0.25, 0.3) is 0 Å². The van der Waals surface area contributed by atoms with Crippen molar-refractivity contribution in [2.24, 2.45) is 0 Å². The number of nitrogens with zero attached hydrogens (tertiary/aromatic N) is 5. The van der Waals surface area contributed by atoms with E-state index in [1.54, 1.807) is 14.2 Å². The zero-order chi connectivity index (χ0) is 17.9. The Kier molecular flexibility index (Phi) is 5.03. The molecule has 0 bridgehead atoms. The van der Waals surface area contributed by atoms with Crippen LogP contribution in [0.4, 0.5) is 0 Å². The van der Waals surface area contributed by atoms with E-state index in [-0.39, 0.29) is 0 Å². The van der Waals surface area contributed by atoms with Crippen molar-refractivity contribution in [2.75, 3.05) is 27.3 Å². The fraction of sp³-hybridized carbons (Fsp3) is 0.500. The van der Waals surface area contributed by atoms with Gasteiger partial charge in [0.15, 0.2) is 17.3 Å². The molecule has 1 aliphatic rings. The summed E-state index contributed by atoms with van der Waals surface area (Å²) in [5, 5.41) is 14.3. The monoisotopic (exact) mass is 373 g/mol. The summed E-state index contributed by atoms with van der Waals surface area (Å²) in [6, 6.07) is 5.83. The van der Waals surface area contributed by atoms with Crippen molar-refractivity contribution in [3.63, 3.8) is 0 Å². The molecule has 0 spiro atoms. The highest BCUT2D eigenvalue weighted by molar-refractivity contribution is 7.19. The van der Waals surface area contributed by atoms with E-state index >= 15 is 0 Å². The lowest BCUT2D eigenvalue weighted by Crippen LogP contribution is -2.25. The molecule has 1 aromatic carbocycles. The summed E-state index contributed by atoms with van der Waals surface area (Å²) >= 11 is 1.53. The first-order valence-electron chi connectivity index (χ1n) is 8.94. The van der Waals surface area contributed by atoms with Crippen LogP contribution in [-0.2, 0) is 6.54 Å². The largest absolute Gasteiger partial charge is 0.493 e. The number of benzene rings is 1. The van der Waals surface area contributed by atoms with Crippen LogP contribution < -0.4 is 9.47 Å². The highest BCUT2D eigenvalue weighted by Gasteiger charge is 2.17. The van der Waals surface area contributed by atoms with E-state index in [4.69, 9.17) is 14.6 Å². The molecule has 1 fully saturated rings. The normalized spacial score (nSPS) is 15.9. The van der Waals surface area contributed by atoms with Crippen LogP contribution in [0.2, 0.25) is 0 Å². The molecule has 26 heavy (non-hydrogen) atoms. The molecular weight excluding hydrogens is 350 g/mol. The van der Waals surface area contributed by atoms with Crippen molar-refractivity contribution in [3.05, 3.63) is 24.0 Å². The first-order chi connectivity index (χ1) is 12.8. The third-order valence-electron chi connectivity index (χ3n) is 4.75. The number of hydrogen-bond donors (Lipinski definition) is 0. The second-order valence-electron chi connectivity index (χ2n) is 6.48. The van der Waals surface area contributed by atoms with Crippen LogP contribution in [0.3, 0.4) is 0 Å². The molecule has 0 N–H and O–H groups in total. The van der Waals surface area contributed by atoms with E-state index in [1.165, 1.54) is 37.0 Å². The van der Waals surface area contributed by atoms with Gasteiger partial charge < -0.3 is 9.47 Å². The van der Waals surface area contributed by atoms with E-state index in [1.807, 2.05) is 22.7 Å². The molecule has 7 nitrogen and oxygen atoms in total. The maximum atomic E-state index is 5.40. The first kappa shape index (κ1) is 17.2. The van der Waals surface area contributed by atoms with Gasteiger partial charge >= 0.3 is 0 Å². The Morgan fingerprint density at radius 3 is 2.50 bits per heavy atom. The van der Waals surface area contributed by atoms with Crippen molar-refractivity contribution in [1.29, 1.82) is 0 Å². The van der Waals surface area contributed by atoms with Gasteiger partial charge in [0.1, 0.15) is 5.01 Å². The van der Waals surface area contributed by atoms with Gasteiger partial charge in [-0.05, 0) is 44.1 Å². The Morgan fingerprint density at radius 2 is 1.77 bits per heavy atom. The molecule has 0 atom stereocenters. The molecular formula is C18H23N5O2S. The van der Waals surface area contributed by atoms with Crippen molar-refractivity contribution in [1.82, 2.24) is 24.7 Å². The summed E-state index contributed by atoms with van der Waals surface area (Å²) in [5.41, 5.74) is 0.985. The van der Waals surface area contributed by atoms with E-state index in [2.05, 4.69) is 15.1 Å². The zero-order valence-corrected chi connectivity index (χ0v) is 16.0. The lowest BCUT2D eigenvalue weighted by atomic mass is 10.2. The second-order valence-corrected chi connectivity index (χ2v) is 7.43. The minimum absolute atomic E-state index is 0.695. The van der Waals surface area contributed by atoms with Gasteiger partial charge in [-0.2, -0.15) is 9.61 Å². The van der Waals surface area contributed by atoms with Crippen LogP contribution in [0.1, 0.15) is 31.5 Å². The maximum absolute atomic E-state index is 5.40. The topological polar surface area (TPSA) is 64.8 Å². The van der Waals surface area contributed by atoms with Crippen LogP contribution in [0, 0.1) is 0 Å². The van der Waals surface area contributed by atoms with Crippen molar-refractivity contribution >= 4 is 16.3 Å². The summed E-state index contributed by atoms with van der Waals surface area (Å²) in [6.45, 7) is 3.06. The molecule has 1 aliphatic heterocycles. The number of methoxy groups -OCH3 is 2. The Hall–Kier alpha value is -2.19. The van der Waals surface area contributed by atoms with Gasteiger partial charge in [-0.15, -0.1) is 10.2 Å². The first-order valence-corrected chi connectivity index (χ1v) is 9.76. The summed E-state index contributed by atoms with van der Waals surface area (Å²) < 4.78 is 12.6. The van der Waals surface area contributed by atoms with Crippen LogP contribution in [0.5, 0.6) is 11.5 Å². The Morgan fingerprint density at radius 1 is 1.00 bits per heavy atom. The molecule has 0 aliphatic carbocycles. The third-order valence-corrected chi connectivity index (χ3v) is 5.70. The lowest BCUT2D eigenvalue weighted by molar-refractivity contribution is 0.268. The van der Waals surface area contributed by atoms with Gasteiger partial charge in [-0.3, -0.25) is 4.90 Å². The highest BCUT2D eigenvalue weighted by Crippen LogP contribution is 2.34. The Bertz CT molecular complexity index is 883. The Balaban J connectivity index is 1.61. The minimum Gasteiger partial charge on any atom is -0.493 e. The third kappa shape index (κ3) is 3.39. The van der Waals surface area contributed by atoms with Crippen LogP contribution in [-0.4, -0.2) is 52.0 Å². The second kappa shape index (κ2) is 7.59. The average molecular weight is 373 g/mol. The zero-order valence-electron chi connectivity index (χ0n) is 15.1. The van der Waals surface area contributed by atoms with E-state index < -0.39 is 0 Å². The molecule has 1 saturated heterocycles. The summed E-state index contributed by atoms with van der Waals surface area (Å²) in [6.07, 6.45) is 5.17. The Labute approximate surface area is 156 Å². The molecule has 8 heteroatoms. The van der Waals surface area contributed by atoms with Gasteiger partial charge in [-0.25, -0.2) is 0 Å². The van der Waals surface area contributed by atoms with Crippen LogP contribution in [0.15, 0.2) is 18.2 Å². The molecule has 0 amide bonds. The predicted octanol–water partition coefficient (Wildman–Crippen LogP) is 3.25. The van der Waals surface area contributed by atoms with Gasteiger partial charge in [0.05, 0.1) is 20.8 Å². The fourth-order valence-corrected chi connectivity index (χ4v) is 4.19. The van der Waals surface area contributed by atoms with Crippen molar-refractivity contribution < 1.29 is 9.47 Å². The van der Waals surface area contributed by atoms with E-state index in [0.717, 1.165) is 41.0 Å². The van der Waals surface area contributed by atoms with Gasteiger partial charge in [-0.1, -0.05) is 24.2 Å². The number of aromatic nitrogens is 4. The fourth-order valence-electron chi connectivity index (χ4n) is 3.34. The van der Waals surface area contributed by atoms with Crippen molar-refractivity contribution in [3.8, 4) is 22.1 Å².